The average molecular weight is 389 g/mol. The van der Waals surface area contributed by atoms with Gasteiger partial charge in [0.15, 0.2) is 0 Å². The Bertz CT molecular complexity index is 683. The number of unbranched alkanes of at least 4 members (excludes halogenated alkanes) is 5. The van der Waals surface area contributed by atoms with Crippen LogP contribution in [0.25, 0.3) is 10.9 Å². The van der Waals surface area contributed by atoms with Crippen molar-refractivity contribution in [3.63, 3.8) is 0 Å². The molecule has 1 amide bonds. The van der Waals surface area contributed by atoms with Gasteiger partial charge in [0, 0.05) is 29.4 Å². The predicted octanol–water partition coefficient (Wildman–Crippen LogP) is 5.47. The minimum absolute atomic E-state index is 0.232. The van der Waals surface area contributed by atoms with E-state index in [1.807, 2.05) is 23.1 Å². The SMILES string of the molecule is O=C1CC(CCCCCCCCBr)N1c1cccc2cccnc12. The summed E-state index contributed by atoms with van der Waals surface area (Å²) in [5.41, 5.74) is 1.92. The van der Waals surface area contributed by atoms with E-state index in [-0.39, 0.29) is 5.91 Å². The summed E-state index contributed by atoms with van der Waals surface area (Å²) in [6.07, 6.45) is 11.3. The first-order valence-electron chi connectivity index (χ1n) is 9.03. The van der Waals surface area contributed by atoms with E-state index in [1.165, 1.54) is 38.5 Å². The van der Waals surface area contributed by atoms with Gasteiger partial charge >= 0.3 is 0 Å². The number of halogens is 1. The van der Waals surface area contributed by atoms with Gasteiger partial charge in [0.25, 0.3) is 0 Å². The first-order chi connectivity index (χ1) is 11.8. The van der Waals surface area contributed by atoms with Gasteiger partial charge in [-0.05, 0) is 25.0 Å². The van der Waals surface area contributed by atoms with Crippen molar-refractivity contribution in [3.05, 3.63) is 36.5 Å². The number of alkyl halides is 1. The fourth-order valence-corrected chi connectivity index (χ4v) is 3.91. The van der Waals surface area contributed by atoms with E-state index in [0.717, 1.165) is 28.3 Å². The topological polar surface area (TPSA) is 33.2 Å². The smallest absolute Gasteiger partial charge is 0.229 e. The van der Waals surface area contributed by atoms with Gasteiger partial charge < -0.3 is 4.90 Å². The zero-order valence-corrected chi connectivity index (χ0v) is 15.7. The highest BCUT2D eigenvalue weighted by Gasteiger charge is 2.37. The zero-order chi connectivity index (χ0) is 16.8. The minimum atomic E-state index is 0.232. The van der Waals surface area contributed by atoms with Crippen LogP contribution in [0.3, 0.4) is 0 Å². The number of nitrogens with zero attached hydrogens (tertiary/aromatic N) is 2. The number of hydrogen-bond acceptors (Lipinski definition) is 2. The van der Waals surface area contributed by atoms with Crippen LogP contribution in [0.1, 0.15) is 51.4 Å². The zero-order valence-electron chi connectivity index (χ0n) is 14.1. The van der Waals surface area contributed by atoms with Crippen molar-refractivity contribution in [2.75, 3.05) is 10.2 Å². The first kappa shape index (κ1) is 17.4. The quantitative estimate of drug-likeness (QED) is 0.324. The monoisotopic (exact) mass is 388 g/mol. The van der Waals surface area contributed by atoms with E-state index in [9.17, 15) is 4.79 Å². The molecule has 3 rings (SSSR count). The second-order valence-corrected chi connectivity index (χ2v) is 7.37. The van der Waals surface area contributed by atoms with E-state index in [1.54, 1.807) is 6.20 Å². The van der Waals surface area contributed by atoms with E-state index in [0.29, 0.717) is 12.5 Å². The minimum Gasteiger partial charge on any atom is -0.307 e. The van der Waals surface area contributed by atoms with Crippen molar-refractivity contribution in [2.45, 2.75) is 57.4 Å². The van der Waals surface area contributed by atoms with Crippen LogP contribution in [0.15, 0.2) is 36.5 Å². The molecule has 0 aliphatic carbocycles. The van der Waals surface area contributed by atoms with Crippen LogP contribution in [0.5, 0.6) is 0 Å². The number of β-lactam (4-membered cyclic amide) rings is 1. The third-order valence-corrected chi connectivity index (χ3v) is 5.40. The van der Waals surface area contributed by atoms with Gasteiger partial charge in [-0.1, -0.05) is 66.2 Å². The Balaban J connectivity index is 1.56. The lowest BCUT2D eigenvalue weighted by Gasteiger charge is -2.41. The Hall–Kier alpha value is -1.42. The molecule has 3 nitrogen and oxygen atoms in total. The van der Waals surface area contributed by atoms with E-state index in [4.69, 9.17) is 0 Å². The normalized spacial score (nSPS) is 17.3. The van der Waals surface area contributed by atoms with Gasteiger partial charge in [-0.2, -0.15) is 0 Å². The van der Waals surface area contributed by atoms with Gasteiger partial charge in [0.05, 0.1) is 11.2 Å². The summed E-state index contributed by atoms with van der Waals surface area (Å²) in [5.74, 6) is 0.232. The second-order valence-electron chi connectivity index (χ2n) is 6.57. The molecular weight excluding hydrogens is 364 g/mol. The molecule has 0 spiro atoms. The van der Waals surface area contributed by atoms with Crippen LogP contribution >= 0.6 is 15.9 Å². The lowest BCUT2D eigenvalue weighted by atomic mass is 9.94. The molecule has 1 unspecified atom stereocenters. The number of hydrogen-bond donors (Lipinski definition) is 0. The Morgan fingerprint density at radius 1 is 1.04 bits per heavy atom. The van der Waals surface area contributed by atoms with Crippen molar-refractivity contribution in [3.8, 4) is 0 Å². The Morgan fingerprint density at radius 3 is 2.58 bits per heavy atom. The number of carbonyl (C=O) groups is 1. The number of benzene rings is 1. The molecule has 1 aromatic heterocycles. The number of rotatable bonds is 9. The maximum atomic E-state index is 12.2. The summed E-state index contributed by atoms with van der Waals surface area (Å²) in [4.78, 5) is 18.7. The number of pyridine rings is 1. The third kappa shape index (κ3) is 3.97. The van der Waals surface area contributed by atoms with Crippen LogP contribution < -0.4 is 4.90 Å². The highest BCUT2D eigenvalue weighted by Crippen LogP contribution is 2.34. The Morgan fingerprint density at radius 2 is 1.79 bits per heavy atom. The van der Waals surface area contributed by atoms with Crippen molar-refractivity contribution in [1.82, 2.24) is 4.98 Å². The van der Waals surface area contributed by atoms with Gasteiger partial charge in [-0.3, -0.25) is 9.78 Å². The van der Waals surface area contributed by atoms with Gasteiger partial charge in [0.1, 0.15) is 0 Å². The highest BCUT2D eigenvalue weighted by atomic mass is 79.9. The molecule has 1 aliphatic heterocycles. The van der Waals surface area contributed by atoms with Crippen LogP contribution in [0.4, 0.5) is 5.69 Å². The maximum absolute atomic E-state index is 12.2. The summed E-state index contributed by atoms with van der Waals surface area (Å²) in [7, 11) is 0. The number of aromatic nitrogens is 1. The molecule has 128 valence electrons. The van der Waals surface area contributed by atoms with Crippen molar-refractivity contribution in [1.29, 1.82) is 0 Å². The molecule has 1 aromatic carbocycles. The van der Waals surface area contributed by atoms with E-state index < -0.39 is 0 Å². The van der Waals surface area contributed by atoms with Crippen LogP contribution in [0, 0.1) is 0 Å². The van der Waals surface area contributed by atoms with E-state index in [2.05, 4.69) is 33.0 Å². The predicted molar refractivity (Wildman–Crippen MR) is 104 cm³/mol. The molecular formula is C20H25BrN2O. The first-order valence-corrected chi connectivity index (χ1v) is 10.1. The number of anilines is 1. The molecule has 0 saturated carbocycles. The van der Waals surface area contributed by atoms with E-state index >= 15 is 0 Å². The molecule has 1 atom stereocenters. The standard InChI is InChI=1S/C20H25BrN2O/c21-13-6-4-2-1-3-5-11-17-15-19(24)23(17)18-12-7-9-16-10-8-14-22-20(16)18/h7-10,12,14,17H,1-6,11,13,15H2. The summed E-state index contributed by atoms with van der Waals surface area (Å²) < 4.78 is 0. The maximum Gasteiger partial charge on any atom is 0.229 e. The highest BCUT2D eigenvalue weighted by molar-refractivity contribution is 9.09. The molecule has 1 aliphatic rings. The second kappa shape index (κ2) is 8.61. The number of fused-ring (bicyclic) bond motifs is 1. The van der Waals surface area contributed by atoms with Crippen LogP contribution in [-0.2, 0) is 4.79 Å². The molecule has 2 aromatic rings. The fraction of sp³-hybridized carbons (Fsp3) is 0.500. The summed E-state index contributed by atoms with van der Waals surface area (Å²) in [6, 6.07) is 10.5. The molecule has 0 bridgehead atoms. The van der Waals surface area contributed by atoms with Gasteiger partial charge in [-0.25, -0.2) is 0 Å². The average Bonchev–Trinajstić information content (AvgIpc) is 2.60. The molecule has 1 fully saturated rings. The molecule has 0 N–H and O–H groups in total. The molecule has 1 saturated heterocycles. The van der Waals surface area contributed by atoms with Crippen molar-refractivity contribution in [2.24, 2.45) is 0 Å². The number of para-hydroxylation sites is 1. The van der Waals surface area contributed by atoms with Gasteiger partial charge in [0.2, 0.25) is 5.91 Å². The lowest BCUT2D eigenvalue weighted by molar-refractivity contribution is -0.124. The van der Waals surface area contributed by atoms with Gasteiger partial charge in [-0.15, -0.1) is 0 Å². The third-order valence-electron chi connectivity index (χ3n) is 4.84. The summed E-state index contributed by atoms with van der Waals surface area (Å²) >= 11 is 3.48. The Kier molecular flexibility index (Phi) is 6.24. The van der Waals surface area contributed by atoms with Crippen LogP contribution in [0.2, 0.25) is 0 Å². The molecule has 4 heteroatoms. The van der Waals surface area contributed by atoms with Crippen molar-refractivity contribution >= 4 is 38.4 Å². The van der Waals surface area contributed by atoms with Crippen LogP contribution in [-0.4, -0.2) is 22.3 Å². The summed E-state index contributed by atoms with van der Waals surface area (Å²) in [6.45, 7) is 0. The van der Waals surface area contributed by atoms with Crippen molar-refractivity contribution < 1.29 is 4.79 Å². The summed E-state index contributed by atoms with van der Waals surface area (Å²) in [5, 5.41) is 2.21. The number of amides is 1. The Labute approximate surface area is 152 Å². The molecule has 0 radical (unpaired) electrons. The fourth-order valence-electron chi connectivity index (χ4n) is 3.51. The largest absolute Gasteiger partial charge is 0.307 e. The lowest BCUT2D eigenvalue weighted by Crippen LogP contribution is -2.53. The molecule has 2 heterocycles. The number of carbonyl (C=O) groups excluding carboxylic acids is 1. The molecule has 24 heavy (non-hydrogen) atoms.